The molecule has 0 aliphatic heterocycles. The molecule has 72 valence electrons. The first-order valence-corrected chi connectivity index (χ1v) is 4.47. The van der Waals surface area contributed by atoms with Crippen molar-refractivity contribution in [3.05, 3.63) is 35.9 Å². The fraction of sp³-hybridized carbons (Fsp3) is 0.364. The topological polar surface area (TPSA) is 37.3 Å². The summed E-state index contributed by atoms with van der Waals surface area (Å²) in [5, 5.41) is 6.89. The van der Waals surface area contributed by atoms with Gasteiger partial charge in [0.15, 0.2) is 0 Å². The van der Waals surface area contributed by atoms with Crippen molar-refractivity contribution in [2.45, 2.75) is 26.2 Å². The Morgan fingerprint density at radius 3 is 2.31 bits per heavy atom. The average Bonchev–Trinajstić information content (AvgIpc) is 2.18. The monoisotopic (exact) mass is 180 g/mol. The molecule has 0 radical (unpaired) electrons. The Morgan fingerprint density at radius 1 is 1.31 bits per heavy atom. The second-order valence-corrected chi connectivity index (χ2v) is 2.69. The van der Waals surface area contributed by atoms with Gasteiger partial charge in [-0.3, -0.25) is 4.79 Å². The quantitative estimate of drug-likeness (QED) is 0.726. The summed E-state index contributed by atoms with van der Waals surface area (Å²) in [4.78, 5) is 8.36. The van der Waals surface area contributed by atoms with Gasteiger partial charge in [0.2, 0.25) is 0 Å². The van der Waals surface area contributed by atoms with Crippen molar-refractivity contribution in [2.75, 3.05) is 0 Å². The molecule has 1 N–H and O–H groups in total. The molecule has 0 amide bonds. The van der Waals surface area contributed by atoms with Crippen LogP contribution in [0.5, 0.6) is 0 Å². The Labute approximate surface area is 79.2 Å². The average molecular weight is 180 g/mol. The minimum absolute atomic E-state index is 0.250. The molecule has 0 spiro atoms. The minimum atomic E-state index is -0.250. The predicted molar refractivity (Wildman–Crippen MR) is 53.7 cm³/mol. The molecule has 2 nitrogen and oxygen atoms in total. The summed E-state index contributed by atoms with van der Waals surface area (Å²) in [5.41, 5.74) is 1.46. The number of rotatable bonds is 3. The van der Waals surface area contributed by atoms with Gasteiger partial charge in [-0.2, -0.15) is 0 Å². The number of hydrogen-bond donors (Lipinski definition) is 1. The van der Waals surface area contributed by atoms with Gasteiger partial charge in [-0.25, -0.2) is 0 Å². The third-order valence-electron chi connectivity index (χ3n) is 1.66. The number of hydrogen-bond acceptors (Lipinski definition) is 1. The van der Waals surface area contributed by atoms with Crippen LogP contribution in [0.15, 0.2) is 30.3 Å². The lowest BCUT2D eigenvalue weighted by Crippen LogP contribution is -1.81. The van der Waals surface area contributed by atoms with Crippen LogP contribution in [-0.2, 0) is 11.2 Å². The van der Waals surface area contributed by atoms with Crippen LogP contribution in [0.1, 0.15) is 25.3 Å². The fourth-order valence-corrected chi connectivity index (χ4v) is 1.03. The third kappa shape index (κ3) is 7.06. The molecule has 0 heterocycles. The van der Waals surface area contributed by atoms with Crippen LogP contribution in [-0.4, -0.2) is 11.6 Å². The van der Waals surface area contributed by atoms with Crippen molar-refractivity contribution >= 4 is 6.47 Å². The van der Waals surface area contributed by atoms with Crippen molar-refractivity contribution in [3.63, 3.8) is 0 Å². The maximum atomic E-state index is 8.36. The summed E-state index contributed by atoms with van der Waals surface area (Å²) in [5.74, 6) is 0. The molecule has 1 aromatic carbocycles. The van der Waals surface area contributed by atoms with E-state index in [1.165, 1.54) is 24.8 Å². The Balaban J connectivity index is 0.000000424. The highest BCUT2D eigenvalue weighted by Gasteiger charge is 1.87. The number of benzene rings is 1. The molecule has 0 unspecified atom stereocenters. The molecule has 0 aliphatic rings. The van der Waals surface area contributed by atoms with Crippen LogP contribution >= 0.6 is 0 Å². The van der Waals surface area contributed by atoms with E-state index in [4.69, 9.17) is 9.90 Å². The lowest BCUT2D eigenvalue weighted by molar-refractivity contribution is -0.122. The molecule has 0 aliphatic carbocycles. The van der Waals surface area contributed by atoms with Crippen LogP contribution in [0.3, 0.4) is 0 Å². The highest BCUT2D eigenvalue weighted by molar-refractivity contribution is 5.32. The zero-order chi connectivity index (χ0) is 9.94. The van der Waals surface area contributed by atoms with E-state index < -0.39 is 0 Å². The van der Waals surface area contributed by atoms with Crippen LogP contribution in [0.2, 0.25) is 0 Å². The molecule has 1 rings (SSSR count). The number of aryl methyl sites for hydroxylation is 1. The molecule has 0 aromatic heterocycles. The van der Waals surface area contributed by atoms with E-state index in [1.54, 1.807) is 0 Å². The van der Waals surface area contributed by atoms with Crippen molar-refractivity contribution in [1.29, 1.82) is 0 Å². The van der Waals surface area contributed by atoms with Gasteiger partial charge in [-0.05, 0) is 18.4 Å². The Kier molecular flexibility index (Phi) is 7.90. The van der Waals surface area contributed by atoms with Gasteiger partial charge in [0, 0.05) is 0 Å². The highest BCUT2D eigenvalue weighted by atomic mass is 16.3. The first-order valence-electron chi connectivity index (χ1n) is 4.47. The number of unbranched alkanes of at least 4 members (excludes halogenated alkanes) is 1. The molecular weight excluding hydrogens is 164 g/mol. The highest BCUT2D eigenvalue weighted by Crippen LogP contribution is 2.03. The molecule has 13 heavy (non-hydrogen) atoms. The van der Waals surface area contributed by atoms with Gasteiger partial charge in [0.1, 0.15) is 0 Å². The predicted octanol–water partition coefficient (Wildman–Crippen LogP) is 2.73. The Hall–Kier alpha value is -1.31. The van der Waals surface area contributed by atoms with Crippen molar-refractivity contribution < 1.29 is 9.90 Å². The number of carboxylic acid groups (broad SMARTS) is 1. The lowest BCUT2D eigenvalue weighted by Gasteiger charge is -1.96. The van der Waals surface area contributed by atoms with E-state index in [-0.39, 0.29) is 6.47 Å². The van der Waals surface area contributed by atoms with E-state index >= 15 is 0 Å². The van der Waals surface area contributed by atoms with Crippen molar-refractivity contribution in [2.24, 2.45) is 0 Å². The summed E-state index contributed by atoms with van der Waals surface area (Å²) in [7, 11) is 0. The van der Waals surface area contributed by atoms with Gasteiger partial charge in [0.25, 0.3) is 6.47 Å². The summed E-state index contributed by atoms with van der Waals surface area (Å²) in [6.07, 6.45) is 3.83. The summed E-state index contributed by atoms with van der Waals surface area (Å²) in [6, 6.07) is 10.6. The molecule has 0 saturated carbocycles. The smallest absolute Gasteiger partial charge is 0.290 e. The summed E-state index contributed by atoms with van der Waals surface area (Å²) >= 11 is 0. The van der Waals surface area contributed by atoms with E-state index in [0.29, 0.717) is 0 Å². The van der Waals surface area contributed by atoms with E-state index in [0.717, 1.165) is 0 Å². The van der Waals surface area contributed by atoms with Gasteiger partial charge >= 0.3 is 0 Å². The second-order valence-electron chi connectivity index (χ2n) is 2.69. The molecule has 0 atom stereocenters. The van der Waals surface area contributed by atoms with Gasteiger partial charge < -0.3 is 5.11 Å². The van der Waals surface area contributed by atoms with Crippen LogP contribution in [0, 0.1) is 0 Å². The van der Waals surface area contributed by atoms with Crippen LogP contribution in [0.4, 0.5) is 0 Å². The van der Waals surface area contributed by atoms with Gasteiger partial charge in [-0.15, -0.1) is 0 Å². The van der Waals surface area contributed by atoms with Crippen molar-refractivity contribution in [1.82, 2.24) is 0 Å². The lowest BCUT2D eigenvalue weighted by atomic mass is 10.1. The molecule has 0 bridgehead atoms. The van der Waals surface area contributed by atoms with E-state index in [1.807, 2.05) is 0 Å². The number of carbonyl (C=O) groups is 1. The first kappa shape index (κ1) is 11.7. The normalized spacial score (nSPS) is 8.38. The molecule has 1 aromatic rings. The first-order chi connectivity index (χ1) is 6.35. The molecular formula is C11H16O2. The maximum Gasteiger partial charge on any atom is 0.290 e. The largest absolute Gasteiger partial charge is 0.483 e. The van der Waals surface area contributed by atoms with E-state index in [2.05, 4.69) is 37.3 Å². The zero-order valence-corrected chi connectivity index (χ0v) is 7.94. The third-order valence-corrected chi connectivity index (χ3v) is 1.66. The van der Waals surface area contributed by atoms with Crippen LogP contribution in [0.25, 0.3) is 0 Å². The summed E-state index contributed by atoms with van der Waals surface area (Å²) in [6.45, 7) is 1.98. The maximum absolute atomic E-state index is 8.36. The van der Waals surface area contributed by atoms with Gasteiger partial charge in [0.05, 0.1) is 0 Å². The summed E-state index contributed by atoms with van der Waals surface area (Å²) < 4.78 is 0. The second kappa shape index (κ2) is 8.78. The fourth-order valence-electron chi connectivity index (χ4n) is 1.03. The Bertz CT molecular complexity index is 207. The molecule has 0 saturated heterocycles. The standard InChI is InChI=1S/C10H14.CH2O2/c1-2-3-7-10-8-5-4-6-9-10;2-1-3/h4-6,8-9H,2-3,7H2,1H3;1H,(H,2,3). The SMILES string of the molecule is CCCCc1ccccc1.O=CO. The molecule has 0 fully saturated rings. The Morgan fingerprint density at radius 2 is 1.85 bits per heavy atom. The molecule has 2 heteroatoms. The zero-order valence-electron chi connectivity index (χ0n) is 7.94. The van der Waals surface area contributed by atoms with Gasteiger partial charge in [-0.1, -0.05) is 43.7 Å². The van der Waals surface area contributed by atoms with Crippen LogP contribution < -0.4 is 0 Å². The minimum Gasteiger partial charge on any atom is -0.483 e. The van der Waals surface area contributed by atoms with Crippen molar-refractivity contribution in [3.8, 4) is 0 Å². The van der Waals surface area contributed by atoms with E-state index in [9.17, 15) is 0 Å².